The van der Waals surface area contributed by atoms with Crippen LogP contribution in [0.15, 0.2) is 35.5 Å². The minimum absolute atomic E-state index is 0.0608. The van der Waals surface area contributed by atoms with Crippen LogP contribution in [0.4, 0.5) is 4.79 Å². The van der Waals surface area contributed by atoms with Crippen LogP contribution < -0.4 is 10.6 Å². The van der Waals surface area contributed by atoms with E-state index in [4.69, 9.17) is 4.74 Å². The van der Waals surface area contributed by atoms with Crippen LogP contribution in [0.1, 0.15) is 57.1 Å². The molecule has 134 valence electrons. The van der Waals surface area contributed by atoms with Gasteiger partial charge in [-0.3, -0.25) is 0 Å². The molecule has 25 heavy (non-hydrogen) atoms. The summed E-state index contributed by atoms with van der Waals surface area (Å²) in [5.41, 5.74) is 1.63. The molecule has 1 fully saturated rings. The molecule has 0 saturated heterocycles. The molecule has 1 aromatic carbocycles. The summed E-state index contributed by atoms with van der Waals surface area (Å²) in [6.07, 6.45) is 5.55. The molecule has 1 atom stereocenters. The quantitative estimate of drug-likeness (QED) is 0.732. The van der Waals surface area contributed by atoms with Crippen molar-refractivity contribution in [2.45, 2.75) is 57.6 Å². The summed E-state index contributed by atoms with van der Waals surface area (Å²) in [6, 6.07) is 5.58. The second kappa shape index (κ2) is 7.59. The molecule has 6 nitrogen and oxygen atoms in total. The zero-order valence-electron chi connectivity index (χ0n) is 14.4. The van der Waals surface area contributed by atoms with Gasteiger partial charge in [0, 0.05) is 5.70 Å². The minimum Gasteiger partial charge on any atom is -0.508 e. The van der Waals surface area contributed by atoms with Crippen molar-refractivity contribution in [2.24, 2.45) is 0 Å². The van der Waals surface area contributed by atoms with Crippen molar-refractivity contribution in [2.75, 3.05) is 0 Å². The average molecular weight is 344 g/mol. The first-order chi connectivity index (χ1) is 12.1. The van der Waals surface area contributed by atoms with E-state index in [0.717, 1.165) is 25.7 Å². The number of phenols is 1. The van der Waals surface area contributed by atoms with E-state index < -0.39 is 12.0 Å². The standard InChI is InChI=1S/C19H24N2O4/c1-2-15-16(18(23)25-14-9-4-3-5-10-14)17(21-19(24)20-15)12-7-6-8-13(22)11-12/h6-8,11,14,17,22H,2-5,9-10H2,1H3,(H2,20,21,24). The molecule has 2 amide bonds. The summed E-state index contributed by atoms with van der Waals surface area (Å²) in [5, 5.41) is 15.2. The summed E-state index contributed by atoms with van der Waals surface area (Å²) in [7, 11) is 0. The number of ether oxygens (including phenoxy) is 1. The number of allylic oxidation sites excluding steroid dienone is 1. The Morgan fingerprint density at radius 1 is 1.28 bits per heavy atom. The van der Waals surface area contributed by atoms with Gasteiger partial charge in [0.05, 0.1) is 11.6 Å². The minimum atomic E-state index is -0.633. The lowest BCUT2D eigenvalue weighted by Gasteiger charge is -2.31. The van der Waals surface area contributed by atoms with E-state index in [0.29, 0.717) is 23.3 Å². The first-order valence-electron chi connectivity index (χ1n) is 8.89. The van der Waals surface area contributed by atoms with Gasteiger partial charge in [0.1, 0.15) is 11.9 Å². The van der Waals surface area contributed by atoms with Crippen LogP contribution in [0.25, 0.3) is 0 Å². The van der Waals surface area contributed by atoms with Gasteiger partial charge in [-0.2, -0.15) is 0 Å². The van der Waals surface area contributed by atoms with Gasteiger partial charge < -0.3 is 20.5 Å². The van der Waals surface area contributed by atoms with Gasteiger partial charge in [-0.1, -0.05) is 25.5 Å². The van der Waals surface area contributed by atoms with Crippen LogP contribution in [0.3, 0.4) is 0 Å². The number of amides is 2. The second-order valence-corrected chi connectivity index (χ2v) is 6.54. The van der Waals surface area contributed by atoms with Crippen molar-refractivity contribution in [1.82, 2.24) is 10.6 Å². The summed E-state index contributed by atoms with van der Waals surface area (Å²) < 4.78 is 5.73. The molecule has 1 saturated carbocycles. The van der Waals surface area contributed by atoms with Crippen LogP contribution in [-0.4, -0.2) is 23.2 Å². The van der Waals surface area contributed by atoms with Crippen molar-refractivity contribution in [3.8, 4) is 5.75 Å². The molecule has 0 radical (unpaired) electrons. The number of aromatic hydroxyl groups is 1. The predicted molar refractivity (Wildman–Crippen MR) is 92.8 cm³/mol. The molecule has 2 aliphatic rings. The number of rotatable bonds is 4. The normalized spacial score (nSPS) is 21.5. The molecule has 3 rings (SSSR count). The monoisotopic (exact) mass is 344 g/mol. The molecular weight excluding hydrogens is 320 g/mol. The summed E-state index contributed by atoms with van der Waals surface area (Å²) in [5.74, 6) is -0.312. The van der Waals surface area contributed by atoms with Gasteiger partial charge >= 0.3 is 12.0 Å². The third-order valence-electron chi connectivity index (χ3n) is 4.76. The Kier molecular flexibility index (Phi) is 5.26. The average Bonchev–Trinajstić information content (AvgIpc) is 2.61. The fraction of sp³-hybridized carbons (Fsp3) is 0.474. The Labute approximate surface area is 147 Å². The van der Waals surface area contributed by atoms with Gasteiger partial charge in [-0.25, -0.2) is 9.59 Å². The fourth-order valence-corrected chi connectivity index (χ4v) is 3.49. The maximum absolute atomic E-state index is 12.9. The fourth-order valence-electron chi connectivity index (χ4n) is 3.49. The van der Waals surface area contributed by atoms with E-state index in [1.807, 2.05) is 6.92 Å². The van der Waals surface area contributed by atoms with Gasteiger partial charge in [0.15, 0.2) is 0 Å². The molecule has 1 aliphatic heterocycles. The molecular formula is C19H24N2O4. The van der Waals surface area contributed by atoms with Crippen molar-refractivity contribution < 1.29 is 19.4 Å². The number of benzene rings is 1. The van der Waals surface area contributed by atoms with Crippen LogP contribution in [0, 0.1) is 0 Å². The molecule has 0 spiro atoms. The number of carbonyl (C=O) groups is 2. The lowest BCUT2D eigenvalue weighted by Crippen LogP contribution is -2.46. The number of hydrogen-bond donors (Lipinski definition) is 3. The lowest BCUT2D eigenvalue weighted by atomic mass is 9.93. The van der Waals surface area contributed by atoms with E-state index in [1.165, 1.54) is 6.42 Å². The van der Waals surface area contributed by atoms with Crippen molar-refractivity contribution in [3.05, 3.63) is 41.1 Å². The number of urea groups is 1. The predicted octanol–water partition coefficient (Wildman–Crippen LogP) is 3.29. The Balaban J connectivity index is 1.91. The molecule has 1 unspecified atom stereocenters. The Morgan fingerprint density at radius 3 is 2.72 bits per heavy atom. The highest BCUT2D eigenvalue weighted by Gasteiger charge is 2.34. The van der Waals surface area contributed by atoms with Crippen LogP contribution in [0.5, 0.6) is 5.75 Å². The van der Waals surface area contributed by atoms with E-state index in [2.05, 4.69) is 10.6 Å². The number of phenolic OH excluding ortho intramolecular Hbond substituents is 1. The third-order valence-corrected chi connectivity index (χ3v) is 4.76. The first kappa shape index (κ1) is 17.3. The molecule has 6 heteroatoms. The SMILES string of the molecule is CCC1=C(C(=O)OC2CCCCC2)C(c2cccc(O)c2)NC(=O)N1. The zero-order valence-corrected chi connectivity index (χ0v) is 14.4. The number of esters is 1. The largest absolute Gasteiger partial charge is 0.508 e. The second-order valence-electron chi connectivity index (χ2n) is 6.54. The highest BCUT2D eigenvalue weighted by atomic mass is 16.5. The van der Waals surface area contributed by atoms with Gasteiger partial charge in [0.25, 0.3) is 0 Å². The molecule has 1 heterocycles. The molecule has 0 aromatic heterocycles. The topological polar surface area (TPSA) is 87.7 Å². The molecule has 0 bridgehead atoms. The number of carbonyl (C=O) groups excluding carboxylic acids is 2. The van der Waals surface area contributed by atoms with E-state index in [-0.39, 0.29) is 17.9 Å². The summed E-state index contributed by atoms with van der Waals surface area (Å²) in [4.78, 5) is 24.9. The number of nitrogens with one attached hydrogen (secondary N) is 2. The maximum Gasteiger partial charge on any atom is 0.338 e. The van der Waals surface area contributed by atoms with Crippen molar-refractivity contribution >= 4 is 12.0 Å². The highest BCUT2D eigenvalue weighted by molar-refractivity contribution is 5.95. The molecule has 1 aromatic rings. The third kappa shape index (κ3) is 3.95. The Hall–Kier alpha value is -2.50. The summed E-state index contributed by atoms with van der Waals surface area (Å²) in [6.45, 7) is 1.88. The van der Waals surface area contributed by atoms with E-state index >= 15 is 0 Å². The highest BCUT2D eigenvalue weighted by Crippen LogP contribution is 2.31. The smallest absolute Gasteiger partial charge is 0.338 e. The van der Waals surface area contributed by atoms with Crippen molar-refractivity contribution in [3.63, 3.8) is 0 Å². The van der Waals surface area contributed by atoms with Crippen LogP contribution in [-0.2, 0) is 9.53 Å². The van der Waals surface area contributed by atoms with Crippen molar-refractivity contribution in [1.29, 1.82) is 0 Å². The molecule has 3 N–H and O–H groups in total. The molecule has 1 aliphatic carbocycles. The Morgan fingerprint density at radius 2 is 2.04 bits per heavy atom. The van der Waals surface area contributed by atoms with Crippen LogP contribution in [0.2, 0.25) is 0 Å². The van der Waals surface area contributed by atoms with Gasteiger partial charge in [-0.05, 0) is 49.8 Å². The maximum atomic E-state index is 12.9. The van der Waals surface area contributed by atoms with Crippen LogP contribution >= 0.6 is 0 Å². The Bertz CT molecular complexity index is 692. The van der Waals surface area contributed by atoms with Gasteiger partial charge in [-0.15, -0.1) is 0 Å². The number of hydrogen-bond acceptors (Lipinski definition) is 4. The lowest BCUT2D eigenvalue weighted by molar-refractivity contribution is -0.146. The van der Waals surface area contributed by atoms with E-state index in [1.54, 1.807) is 24.3 Å². The first-order valence-corrected chi connectivity index (χ1v) is 8.89. The van der Waals surface area contributed by atoms with Gasteiger partial charge in [0.2, 0.25) is 0 Å². The summed E-state index contributed by atoms with van der Waals surface area (Å²) >= 11 is 0. The zero-order chi connectivity index (χ0) is 17.8. The van der Waals surface area contributed by atoms with E-state index in [9.17, 15) is 14.7 Å².